The number of nitrogens with zero attached hydrogens (tertiary/aromatic N) is 5. The molecular weight excluding hydrogens is 518 g/mol. The lowest BCUT2D eigenvalue weighted by molar-refractivity contribution is -0.0592. The monoisotopic (exact) mass is 555 g/mol. The van der Waals surface area contributed by atoms with Crippen molar-refractivity contribution in [3.05, 3.63) is 76.7 Å². The minimum absolute atomic E-state index is 0.162. The van der Waals surface area contributed by atoms with Crippen molar-refractivity contribution < 1.29 is 19.4 Å². The summed E-state index contributed by atoms with van der Waals surface area (Å²) in [7, 11) is 0. The number of aromatic carboxylic acids is 1. The maximum atomic E-state index is 11.6. The molecule has 1 atom stereocenters. The second kappa shape index (κ2) is 11.3. The molecule has 1 N–H and O–H groups in total. The average molecular weight is 556 g/mol. The molecule has 1 unspecified atom stereocenters. The number of carboxylic acid groups (broad SMARTS) is 1. The van der Waals surface area contributed by atoms with Crippen LogP contribution in [0.15, 0.2) is 48.5 Å². The van der Waals surface area contributed by atoms with E-state index in [9.17, 15) is 9.90 Å². The van der Waals surface area contributed by atoms with Crippen LogP contribution in [0, 0.1) is 0 Å². The maximum Gasteiger partial charge on any atom is 0.335 e. The van der Waals surface area contributed by atoms with E-state index in [1.54, 1.807) is 12.1 Å². The first-order valence-electron chi connectivity index (χ1n) is 15.0. The number of carboxylic acids is 1. The van der Waals surface area contributed by atoms with E-state index in [4.69, 9.17) is 19.6 Å². The number of likely N-dealkylation sites (tertiary alicyclic amines) is 1. The van der Waals surface area contributed by atoms with E-state index < -0.39 is 5.97 Å². The maximum absolute atomic E-state index is 11.6. The van der Waals surface area contributed by atoms with Crippen LogP contribution >= 0.6 is 0 Å². The van der Waals surface area contributed by atoms with Gasteiger partial charge in [0.15, 0.2) is 0 Å². The molecule has 0 bridgehead atoms. The Bertz CT molecular complexity index is 1530. The van der Waals surface area contributed by atoms with Crippen molar-refractivity contribution in [3.8, 4) is 5.88 Å². The molecule has 4 aromatic rings. The number of piperidine rings is 1. The zero-order chi connectivity index (χ0) is 27.8. The van der Waals surface area contributed by atoms with Gasteiger partial charge in [-0.25, -0.2) is 9.78 Å². The Morgan fingerprint density at radius 1 is 1.05 bits per heavy atom. The predicted molar refractivity (Wildman–Crippen MR) is 154 cm³/mol. The van der Waals surface area contributed by atoms with Crippen LogP contribution in [-0.2, 0) is 37.3 Å². The predicted octanol–water partition coefficient (Wildman–Crippen LogP) is 5.01. The van der Waals surface area contributed by atoms with Gasteiger partial charge in [0, 0.05) is 31.0 Å². The number of ether oxygens (including phenoxy) is 2. The van der Waals surface area contributed by atoms with Gasteiger partial charge in [0.1, 0.15) is 12.4 Å². The molecule has 1 aliphatic carbocycles. The van der Waals surface area contributed by atoms with Crippen molar-refractivity contribution >= 4 is 17.0 Å². The summed E-state index contributed by atoms with van der Waals surface area (Å²) in [5.74, 6) is 0.876. The molecule has 4 heterocycles. The van der Waals surface area contributed by atoms with Crippen molar-refractivity contribution in [1.82, 2.24) is 24.2 Å². The number of carbonyl (C=O) groups is 1. The standard InChI is InChI=1S/C32H37N5O4/c38-32(39)23-10-11-27-29(18-23)36(19-25-14-17-40-25)30(33-27)20-35-15-12-24(13-16-35)37-28-9-5-4-8-26(28)31(34-37)41-21-22-6-2-1-3-7-22/h1-3,6-7,10-11,18,24-25H,4-5,8-9,12-17,19-21H2,(H,38,39). The van der Waals surface area contributed by atoms with Gasteiger partial charge in [-0.15, -0.1) is 5.10 Å². The van der Waals surface area contributed by atoms with E-state index >= 15 is 0 Å². The lowest BCUT2D eigenvalue weighted by atomic mass is 9.96. The first-order valence-corrected chi connectivity index (χ1v) is 15.0. The van der Waals surface area contributed by atoms with Gasteiger partial charge in [-0.05, 0) is 68.7 Å². The molecule has 2 aliphatic heterocycles. The van der Waals surface area contributed by atoms with Gasteiger partial charge in [-0.1, -0.05) is 30.3 Å². The second-order valence-corrected chi connectivity index (χ2v) is 11.6. The zero-order valence-electron chi connectivity index (χ0n) is 23.4. The smallest absolute Gasteiger partial charge is 0.335 e. The zero-order valence-corrected chi connectivity index (χ0v) is 23.4. The molecule has 9 nitrogen and oxygen atoms in total. The Morgan fingerprint density at radius 2 is 1.85 bits per heavy atom. The molecule has 41 heavy (non-hydrogen) atoms. The molecule has 0 spiro atoms. The minimum atomic E-state index is -0.919. The second-order valence-electron chi connectivity index (χ2n) is 11.6. The number of fused-ring (bicyclic) bond motifs is 2. The first-order chi connectivity index (χ1) is 20.1. The van der Waals surface area contributed by atoms with Crippen LogP contribution in [0.3, 0.4) is 0 Å². The number of aromatic nitrogens is 4. The Labute approximate surface area is 239 Å². The van der Waals surface area contributed by atoms with Crippen LogP contribution in [0.4, 0.5) is 0 Å². The molecule has 0 amide bonds. The van der Waals surface area contributed by atoms with E-state index in [-0.39, 0.29) is 11.7 Å². The summed E-state index contributed by atoms with van der Waals surface area (Å²) in [6.07, 6.45) is 7.76. The lowest BCUT2D eigenvalue weighted by Gasteiger charge is -2.33. The summed E-state index contributed by atoms with van der Waals surface area (Å²) in [5, 5.41) is 14.6. The van der Waals surface area contributed by atoms with Crippen molar-refractivity contribution in [2.45, 2.75) is 76.8 Å². The highest BCUT2D eigenvalue weighted by Crippen LogP contribution is 2.35. The molecular formula is C32H37N5O4. The Kier molecular flexibility index (Phi) is 7.22. The average Bonchev–Trinajstić information content (AvgIpc) is 3.52. The molecule has 2 aromatic carbocycles. The van der Waals surface area contributed by atoms with Crippen LogP contribution in [0.25, 0.3) is 11.0 Å². The number of rotatable bonds is 9. The Morgan fingerprint density at radius 3 is 2.61 bits per heavy atom. The summed E-state index contributed by atoms with van der Waals surface area (Å²) in [6, 6.07) is 15.9. The topological polar surface area (TPSA) is 94.6 Å². The van der Waals surface area contributed by atoms with E-state index in [1.165, 1.54) is 24.1 Å². The highest BCUT2D eigenvalue weighted by atomic mass is 16.5. The summed E-state index contributed by atoms with van der Waals surface area (Å²) in [6.45, 7) is 4.70. The molecule has 2 fully saturated rings. The normalized spacial score (nSPS) is 19.7. The summed E-state index contributed by atoms with van der Waals surface area (Å²) < 4.78 is 16.5. The number of benzene rings is 2. The molecule has 7 rings (SSSR count). The van der Waals surface area contributed by atoms with Gasteiger partial charge in [0.25, 0.3) is 0 Å². The lowest BCUT2D eigenvalue weighted by Crippen LogP contribution is -2.36. The van der Waals surface area contributed by atoms with Crippen molar-refractivity contribution in [3.63, 3.8) is 0 Å². The third kappa shape index (κ3) is 5.36. The molecule has 3 aliphatic rings. The van der Waals surface area contributed by atoms with Crippen molar-refractivity contribution in [2.75, 3.05) is 19.7 Å². The van der Waals surface area contributed by atoms with Crippen LogP contribution < -0.4 is 4.74 Å². The van der Waals surface area contributed by atoms with E-state index in [1.807, 2.05) is 24.3 Å². The molecule has 0 radical (unpaired) electrons. The SMILES string of the molecule is O=C(O)c1ccc2nc(CN3CCC(n4nc(OCc5ccccc5)c5c4CCCC5)CC3)n(CC3CCO3)c2c1. The molecule has 0 saturated carbocycles. The van der Waals surface area contributed by atoms with Crippen molar-refractivity contribution in [1.29, 1.82) is 0 Å². The van der Waals surface area contributed by atoms with Gasteiger partial charge >= 0.3 is 5.97 Å². The third-order valence-electron chi connectivity index (χ3n) is 8.91. The van der Waals surface area contributed by atoms with E-state index in [0.717, 1.165) is 86.6 Å². The van der Waals surface area contributed by atoms with Gasteiger partial charge in [0.05, 0.1) is 41.8 Å². The van der Waals surface area contributed by atoms with Crippen LogP contribution in [0.1, 0.15) is 71.1 Å². The van der Waals surface area contributed by atoms with Crippen LogP contribution in [0.5, 0.6) is 5.88 Å². The third-order valence-corrected chi connectivity index (χ3v) is 8.91. The molecule has 214 valence electrons. The van der Waals surface area contributed by atoms with Gasteiger partial charge in [0.2, 0.25) is 5.88 Å². The van der Waals surface area contributed by atoms with Gasteiger partial charge in [-0.2, -0.15) is 0 Å². The molecule has 2 aromatic heterocycles. The summed E-state index contributed by atoms with van der Waals surface area (Å²) >= 11 is 0. The van der Waals surface area contributed by atoms with Crippen LogP contribution in [-0.4, -0.2) is 61.1 Å². The summed E-state index contributed by atoms with van der Waals surface area (Å²) in [5.41, 5.74) is 5.84. The fourth-order valence-electron chi connectivity index (χ4n) is 6.52. The van der Waals surface area contributed by atoms with Gasteiger partial charge in [-0.3, -0.25) is 9.58 Å². The molecule has 2 saturated heterocycles. The fourth-order valence-corrected chi connectivity index (χ4v) is 6.52. The largest absolute Gasteiger partial charge is 0.478 e. The van der Waals surface area contributed by atoms with E-state index in [0.29, 0.717) is 19.2 Å². The first kappa shape index (κ1) is 26.2. The number of imidazole rings is 1. The Hall–Kier alpha value is -3.69. The minimum Gasteiger partial charge on any atom is -0.478 e. The highest BCUT2D eigenvalue weighted by molar-refractivity contribution is 5.92. The van der Waals surface area contributed by atoms with Gasteiger partial charge < -0.3 is 19.1 Å². The Balaban J connectivity index is 1.06. The van der Waals surface area contributed by atoms with E-state index in [2.05, 4.69) is 26.3 Å². The number of hydrogen-bond donors (Lipinski definition) is 1. The number of hydrogen-bond acceptors (Lipinski definition) is 6. The quantitative estimate of drug-likeness (QED) is 0.310. The van der Waals surface area contributed by atoms with Crippen molar-refractivity contribution in [2.24, 2.45) is 0 Å². The van der Waals surface area contributed by atoms with Crippen LogP contribution in [0.2, 0.25) is 0 Å². The highest BCUT2D eigenvalue weighted by Gasteiger charge is 2.30. The summed E-state index contributed by atoms with van der Waals surface area (Å²) in [4.78, 5) is 19.0. The molecule has 9 heteroatoms. The fraction of sp³-hybridized carbons (Fsp3) is 0.469.